The third-order valence-electron chi connectivity index (χ3n) is 12.1. The van der Waals surface area contributed by atoms with Crippen LogP contribution in [-0.2, 0) is 4.74 Å². The van der Waals surface area contributed by atoms with Crippen molar-refractivity contribution < 1.29 is 4.74 Å². The molecule has 1 saturated heterocycles. The van der Waals surface area contributed by atoms with E-state index in [0.29, 0.717) is 12.5 Å². The van der Waals surface area contributed by atoms with Crippen LogP contribution in [0, 0.1) is 0 Å². The minimum Gasteiger partial charge on any atom is -0.373 e. The molecule has 1 nitrogen and oxygen atoms in total. The summed E-state index contributed by atoms with van der Waals surface area (Å²) in [7, 11) is 0. The van der Waals surface area contributed by atoms with E-state index in [9.17, 15) is 0 Å². The van der Waals surface area contributed by atoms with Crippen LogP contribution in [0.4, 0.5) is 0 Å². The van der Waals surface area contributed by atoms with Crippen molar-refractivity contribution in [3.8, 4) is 22.3 Å². The van der Waals surface area contributed by atoms with Crippen LogP contribution in [0.2, 0.25) is 0 Å². The summed E-state index contributed by atoms with van der Waals surface area (Å²) < 4.78 is 6.87. The van der Waals surface area contributed by atoms with E-state index in [-0.39, 0.29) is 6.10 Å². The molecule has 0 amide bonds. The van der Waals surface area contributed by atoms with Crippen molar-refractivity contribution >= 4 is 64.6 Å². The molecule has 0 saturated carbocycles. The second kappa shape index (κ2) is 12.7. The molecule has 1 aliphatic rings. The third kappa shape index (κ3) is 5.11. The Bertz CT molecular complexity index is 2860. The van der Waals surface area contributed by atoms with Crippen molar-refractivity contribution in [1.82, 2.24) is 0 Å². The van der Waals surface area contributed by atoms with Crippen LogP contribution in [0.5, 0.6) is 0 Å². The normalized spacial score (nSPS) is 16.2. The van der Waals surface area contributed by atoms with Gasteiger partial charge in [-0.25, -0.2) is 0 Å². The summed E-state index contributed by atoms with van der Waals surface area (Å²) in [5.74, 6) is 0.340. The van der Waals surface area contributed by atoms with E-state index in [1.165, 1.54) is 98.0 Å². The maximum absolute atomic E-state index is 6.87. The van der Waals surface area contributed by atoms with Crippen LogP contribution in [0.15, 0.2) is 182 Å². The number of benzene rings is 10. The van der Waals surface area contributed by atoms with Crippen LogP contribution < -0.4 is 0 Å². The Labute approximate surface area is 315 Å². The molecule has 0 bridgehead atoms. The van der Waals surface area contributed by atoms with Gasteiger partial charge in [0.15, 0.2) is 0 Å². The predicted octanol–water partition coefficient (Wildman–Crippen LogP) is 14.6. The summed E-state index contributed by atoms with van der Waals surface area (Å²) in [6, 6.07) is 67.4. The highest BCUT2D eigenvalue weighted by atomic mass is 16.5. The van der Waals surface area contributed by atoms with Crippen LogP contribution in [-0.4, -0.2) is 6.61 Å². The monoisotopic (exact) mass is 690 g/mol. The van der Waals surface area contributed by atoms with Gasteiger partial charge in [0.2, 0.25) is 0 Å². The lowest BCUT2D eigenvalue weighted by atomic mass is 9.83. The van der Waals surface area contributed by atoms with Crippen molar-refractivity contribution in [3.05, 3.63) is 193 Å². The van der Waals surface area contributed by atoms with E-state index in [0.717, 1.165) is 12.8 Å². The van der Waals surface area contributed by atoms with Crippen LogP contribution in [0.3, 0.4) is 0 Å². The second-order valence-electron chi connectivity index (χ2n) is 15.0. The molecule has 2 unspecified atom stereocenters. The largest absolute Gasteiger partial charge is 0.373 e. The zero-order valence-corrected chi connectivity index (χ0v) is 30.0. The van der Waals surface area contributed by atoms with Crippen molar-refractivity contribution in [3.63, 3.8) is 0 Å². The highest BCUT2D eigenvalue weighted by Crippen LogP contribution is 2.44. The SMILES string of the molecule is c1ccc2cc3c(-c4ccc(C5CCC(c6ccc(-c7cccc8cc9ccccc9cc78)c7ccccc67)OC5)c5ccccc45)cccc3cc2c1. The molecule has 1 heteroatoms. The van der Waals surface area contributed by atoms with Crippen molar-refractivity contribution in [2.75, 3.05) is 6.61 Å². The first-order valence-electron chi connectivity index (χ1n) is 19.3. The molecule has 0 aliphatic carbocycles. The highest BCUT2D eigenvalue weighted by molar-refractivity contribution is 6.11. The molecule has 0 N–H and O–H groups in total. The number of rotatable bonds is 4. The Kier molecular flexibility index (Phi) is 7.35. The smallest absolute Gasteiger partial charge is 0.0831 e. The fourth-order valence-corrected chi connectivity index (χ4v) is 9.40. The van der Waals surface area contributed by atoms with E-state index in [4.69, 9.17) is 4.74 Å². The molecule has 10 aromatic rings. The number of ether oxygens (including phenoxy) is 1. The molecular formula is C53H38O. The lowest BCUT2D eigenvalue weighted by molar-refractivity contribution is 0.00350. The summed E-state index contributed by atoms with van der Waals surface area (Å²) in [6.45, 7) is 0.709. The number of fused-ring (bicyclic) bond motifs is 6. The topological polar surface area (TPSA) is 9.23 Å². The molecule has 1 aliphatic heterocycles. The Morgan fingerprint density at radius 3 is 1.26 bits per heavy atom. The van der Waals surface area contributed by atoms with Gasteiger partial charge in [-0.2, -0.15) is 0 Å². The average molecular weight is 691 g/mol. The Hall–Kier alpha value is -6.28. The summed E-state index contributed by atoms with van der Waals surface area (Å²) in [5, 5.41) is 15.4. The quantitative estimate of drug-likeness (QED) is 0.167. The van der Waals surface area contributed by atoms with Gasteiger partial charge in [-0.3, -0.25) is 0 Å². The zero-order valence-electron chi connectivity index (χ0n) is 30.0. The van der Waals surface area contributed by atoms with Gasteiger partial charge >= 0.3 is 0 Å². The molecule has 2 atom stereocenters. The Morgan fingerprint density at radius 2 is 0.741 bits per heavy atom. The summed E-state index contributed by atoms with van der Waals surface area (Å²) in [4.78, 5) is 0. The molecule has 0 aromatic heterocycles. The molecule has 0 radical (unpaired) electrons. The highest BCUT2D eigenvalue weighted by Gasteiger charge is 2.27. The van der Waals surface area contributed by atoms with Gasteiger partial charge in [0, 0.05) is 5.92 Å². The van der Waals surface area contributed by atoms with Gasteiger partial charge in [-0.1, -0.05) is 158 Å². The average Bonchev–Trinajstić information content (AvgIpc) is 3.24. The van der Waals surface area contributed by atoms with E-state index >= 15 is 0 Å². The first kappa shape index (κ1) is 31.3. The Morgan fingerprint density at radius 1 is 0.315 bits per heavy atom. The summed E-state index contributed by atoms with van der Waals surface area (Å²) >= 11 is 0. The first-order valence-corrected chi connectivity index (χ1v) is 19.3. The van der Waals surface area contributed by atoms with E-state index in [1.54, 1.807) is 0 Å². The maximum Gasteiger partial charge on any atom is 0.0831 e. The minimum atomic E-state index is 0.0627. The van der Waals surface area contributed by atoms with Crippen LogP contribution >= 0.6 is 0 Å². The van der Waals surface area contributed by atoms with Gasteiger partial charge in [0.25, 0.3) is 0 Å². The lowest BCUT2D eigenvalue weighted by Gasteiger charge is -2.31. The first-order chi connectivity index (χ1) is 26.8. The van der Waals surface area contributed by atoms with E-state index in [1.807, 2.05) is 0 Å². The fourth-order valence-electron chi connectivity index (χ4n) is 9.40. The maximum atomic E-state index is 6.87. The fraction of sp³-hybridized carbons (Fsp3) is 0.0943. The molecular weight excluding hydrogens is 653 g/mol. The molecule has 54 heavy (non-hydrogen) atoms. The van der Waals surface area contributed by atoms with Gasteiger partial charge in [-0.05, 0) is 135 Å². The predicted molar refractivity (Wildman–Crippen MR) is 229 cm³/mol. The third-order valence-corrected chi connectivity index (χ3v) is 12.1. The summed E-state index contributed by atoms with van der Waals surface area (Å²) in [5.41, 5.74) is 7.81. The zero-order chi connectivity index (χ0) is 35.6. The minimum absolute atomic E-state index is 0.0627. The molecule has 11 rings (SSSR count). The molecule has 1 heterocycles. The van der Waals surface area contributed by atoms with Crippen molar-refractivity contribution in [2.45, 2.75) is 24.9 Å². The molecule has 10 aromatic carbocycles. The molecule has 256 valence electrons. The van der Waals surface area contributed by atoms with Crippen molar-refractivity contribution in [2.24, 2.45) is 0 Å². The molecule has 1 fully saturated rings. The lowest BCUT2D eigenvalue weighted by Crippen LogP contribution is -2.20. The van der Waals surface area contributed by atoms with Crippen LogP contribution in [0.25, 0.3) is 86.9 Å². The standard InChI is InChI=1S/C53H38O/c1-3-13-36-31-51-38(29-34(36)11-1)15-9-21-46(51)48-25-24-41(42-17-5-6-18-43(42)48)40-23-28-53(54-33-40)50-27-26-49(44-19-7-8-20-45(44)50)47-22-10-16-39-30-35-12-2-4-14-37(35)32-52(39)47/h1-22,24-27,29-32,40,53H,23,28,33H2. The molecule has 0 spiro atoms. The van der Waals surface area contributed by atoms with Crippen molar-refractivity contribution in [1.29, 1.82) is 0 Å². The van der Waals surface area contributed by atoms with Gasteiger partial charge in [0.1, 0.15) is 0 Å². The summed E-state index contributed by atoms with van der Waals surface area (Å²) in [6.07, 6.45) is 2.13. The van der Waals surface area contributed by atoms with E-state index < -0.39 is 0 Å². The van der Waals surface area contributed by atoms with Crippen LogP contribution in [0.1, 0.15) is 36.0 Å². The van der Waals surface area contributed by atoms with Gasteiger partial charge in [-0.15, -0.1) is 0 Å². The van der Waals surface area contributed by atoms with Gasteiger partial charge in [0.05, 0.1) is 12.7 Å². The number of hydrogen-bond donors (Lipinski definition) is 0. The van der Waals surface area contributed by atoms with E-state index in [2.05, 4.69) is 182 Å². The van der Waals surface area contributed by atoms with Gasteiger partial charge < -0.3 is 4.74 Å². The second-order valence-corrected chi connectivity index (χ2v) is 15.0. The Balaban J connectivity index is 0.924. The number of hydrogen-bond acceptors (Lipinski definition) is 1.